The van der Waals surface area contributed by atoms with Gasteiger partial charge in [-0.2, -0.15) is 23.3 Å². The number of nitrogens with zero attached hydrogens (tertiary/aromatic N) is 4. The highest BCUT2D eigenvalue weighted by Gasteiger charge is 2.36. The van der Waals surface area contributed by atoms with E-state index in [0.717, 1.165) is 11.8 Å². The minimum absolute atomic E-state index is 0.0419. The Morgan fingerprint density at radius 3 is 2.59 bits per heavy atom. The van der Waals surface area contributed by atoms with E-state index in [0.29, 0.717) is 23.9 Å². The summed E-state index contributed by atoms with van der Waals surface area (Å²) >= 11 is 0. The quantitative estimate of drug-likeness (QED) is 0.719. The molecule has 2 aromatic heterocycles. The number of hydrogen-bond acceptors (Lipinski definition) is 4. The predicted octanol–water partition coefficient (Wildman–Crippen LogP) is 4.50. The first-order valence-corrected chi connectivity index (χ1v) is 8.22. The molecular weight excluding hydrogens is 357 g/mol. The van der Waals surface area contributed by atoms with Crippen LogP contribution in [0.15, 0.2) is 54.6 Å². The van der Waals surface area contributed by atoms with Gasteiger partial charge >= 0.3 is 6.18 Å². The Morgan fingerprint density at radius 2 is 1.85 bits per heavy atom. The first-order valence-electron chi connectivity index (χ1n) is 8.22. The molecule has 1 aromatic carbocycles. The van der Waals surface area contributed by atoms with E-state index in [1.54, 1.807) is 39.9 Å². The molecule has 27 heavy (non-hydrogen) atoms. The third-order valence-electron chi connectivity index (χ3n) is 4.27. The van der Waals surface area contributed by atoms with Gasteiger partial charge in [-0.3, -0.25) is 4.90 Å². The number of halogens is 3. The highest BCUT2D eigenvalue weighted by atomic mass is 19.4. The van der Waals surface area contributed by atoms with Crippen molar-refractivity contribution >= 4 is 17.3 Å². The molecule has 5 nitrogen and oxygen atoms in total. The van der Waals surface area contributed by atoms with Crippen molar-refractivity contribution in [2.24, 2.45) is 0 Å². The summed E-state index contributed by atoms with van der Waals surface area (Å²) in [4.78, 5) is 5.67. The van der Waals surface area contributed by atoms with Crippen LogP contribution in [0.3, 0.4) is 0 Å². The molecular formula is C19H15F3N4O. The second kappa shape index (κ2) is 6.15. The number of aromatic hydroxyl groups is 1. The third-order valence-corrected chi connectivity index (χ3v) is 4.27. The van der Waals surface area contributed by atoms with Gasteiger partial charge in [0.1, 0.15) is 11.6 Å². The number of pyridine rings is 1. The topological polar surface area (TPSA) is 54.2 Å². The number of rotatable bonds is 2. The van der Waals surface area contributed by atoms with Crippen molar-refractivity contribution in [3.05, 3.63) is 71.4 Å². The second-order valence-electron chi connectivity index (χ2n) is 6.15. The summed E-state index contributed by atoms with van der Waals surface area (Å²) in [6, 6.07) is 11.8. The smallest absolute Gasteiger partial charge is 0.417 e. The van der Waals surface area contributed by atoms with Crippen LogP contribution in [0.5, 0.6) is 5.88 Å². The van der Waals surface area contributed by atoms with Crippen molar-refractivity contribution in [1.82, 2.24) is 14.8 Å². The Bertz CT molecular complexity index is 1040. The third kappa shape index (κ3) is 3.03. The molecule has 0 aliphatic carbocycles. The lowest BCUT2D eigenvalue weighted by molar-refractivity contribution is -0.137. The van der Waals surface area contributed by atoms with E-state index < -0.39 is 11.7 Å². The molecule has 1 aliphatic heterocycles. The standard InChI is InChI=1S/C19H15F3N4O/c1-12-11-18-25(24-12)10-9-15(26(18)16-7-4-8-17(27)23-16)13-5-2-3-6-14(13)19(20,21)22/h2-9,11H,10H2,1H3,(H,23,27). The molecule has 0 unspecified atom stereocenters. The molecule has 0 fully saturated rings. The summed E-state index contributed by atoms with van der Waals surface area (Å²) in [6.07, 6.45) is -2.82. The molecule has 0 spiro atoms. The molecule has 0 radical (unpaired) electrons. The summed E-state index contributed by atoms with van der Waals surface area (Å²) in [5.74, 6) is 0.670. The fourth-order valence-electron chi connectivity index (χ4n) is 3.20. The van der Waals surface area contributed by atoms with E-state index in [1.807, 2.05) is 6.92 Å². The fourth-order valence-corrected chi connectivity index (χ4v) is 3.20. The molecule has 0 atom stereocenters. The average Bonchev–Trinajstić information content (AvgIpc) is 3.00. The van der Waals surface area contributed by atoms with Gasteiger partial charge in [-0.05, 0) is 25.1 Å². The average molecular weight is 372 g/mol. The molecule has 8 heteroatoms. The molecule has 0 bridgehead atoms. The van der Waals surface area contributed by atoms with Crippen molar-refractivity contribution in [2.75, 3.05) is 4.90 Å². The van der Waals surface area contributed by atoms with Gasteiger partial charge in [0.05, 0.1) is 23.5 Å². The lowest BCUT2D eigenvalue weighted by Crippen LogP contribution is -2.26. The van der Waals surface area contributed by atoms with Crippen LogP contribution in [0.4, 0.5) is 24.8 Å². The molecule has 3 heterocycles. The van der Waals surface area contributed by atoms with Crippen LogP contribution in [0, 0.1) is 6.92 Å². The molecule has 0 amide bonds. The van der Waals surface area contributed by atoms with Crippen molar-refractivity contribution in [2.45, 2.75) is 19.6 Å². The van der Waals surface area contributed by atoms with E-state index in [9.17, 15) is 18.3 Å². The number of benzene rings is 1. The molecule has 0 saturated carbocycles. The highest BCUT2D eigenvalue weighted by molar-refractivity contribution is 5.88. The monoisotopic (exact) mass is 372 g/mol. The van der Waals surface area contributed by atoms with Gasteiger partial charge in [0.25, 0.3) is 0 Å². The zero-order valence-electron chi connectivity index (χ0n) is 14.3. The van der Waals surface area contributed by atoms with Crippen molar-refractivity contribution in [3.8, 4) is 5.88 Å². The van der Waals surface area contributed by atoms with Crippen LogP contribution in [0.25, 0.3) is 5.70 Å². The first kappa shape index (κ1) is 17.1. The van der Waals surface area contributed by atoms with Gasteiger partial charge in [-0.15, -0.1) is 0 Å². The largest absolute Gasteiger partial charge is 0.493 e. The molecule has 1 aliphatic rings. The van der Waals surface area contributed by atoms with Crippen LogP contribution in [0.1, 0.15) is 16.8 Å². The van der Waals surface area contributed by atoms with Gasteiger partial charge in [0.2, 0.25) is 5.88 Å². The number of aromatic nitrogens is 3. The number of alkyl halides is 3. The van der Waals surface area contributed by atoms with Crippen LogP contribution in [-0.4, -0.2) is 19.9 Å². The zero-order valence-corrected chi connectivity index (χ0v) is 14.3. The van der Waals surface area contributed by atoms with Crippen molar-refractivity contribution in [1.29, 1.82) is 0 Å². The van der Waals surface area contributed by atoms with Crippen molar-refractivity contribution < 1.29 is 18.3 Å². The van der Waals surface area contributed by atoms with Crippen LogP contribution >= 0.6 is 0 Å². The normalized spacial score (nSPS) is 14.1. The number of hydrogen-bond donors (Lipinski definition) is 1. The van der Waals surface area contributed by atoms with Crippen molar-refractivity contribution in [3.63, 3.8) is 0 Å². The Balaban J connectivity index is 1.94. The Morgan fingerprint density at radius 1 is 1.07 bits per heavy atom. The number of aryl methyl sites for hydroxylation is 1. The van der Waals surface area contributed by atoms with Gasteiger partial charge in [-0.1, -0.05) is 24.3 Å². The molecule has 4 rings (SSSR count). The Hall–Kier alpha value is -3.29. The maximum Gasteiger partial charge on any atom is 0.417 e. The minimum Gasteiger partial charge on any atom is -0.493 e. The van der Waals surface area contributed by atoms with Gasteiger partial charge in [-0.25, -0.2) is 4.68 Å². The Kier molecular flexibility index (Phi) is 3.91. The lowest BCUT2D eigenvalue weighted by Gasteiger charge is -2.31. The van der Waals surface area contributed by atoms with Crippen LogP contribution < -0.4 is 4.90 Å². The predicted molar refractivity (Wildman–Crippen MR) is 94.4 cm³/mol. The van der Waals surface area contributed by atoms with Crippen LogP contribution in [0.2, 0.25) is 0 Å². The summed E-state index contributed by atoms with van der Waals surface area (Å²) in [5, 5.41) is 14.1. The number of fused-ring (bicyclic) bond motifs is 1. The van der Waals surface area contributed by atoms with E-state index in [4.69, 9.17) is 0 Å². The molecule has 0 saturated heterocycles. The first-order chi connectivity index (χ1) is 12.8. The molecule has 138 valence electrons. The Labute approximate surface area is 153 Å². The molecule has 3 aromatic rings. The summed E-state index contributed by atoms with van der Waals surface area (Å²) in [6.45, 7) is 2.14. The van der Waals surface area contributed by atoms with E-state index >= 15 is 0 Å². The zero-order chi connectivity index (χ0) is 19.2. The fraction of sp³-hybridized carbons (Fsp3) is 0.158. The second-order valence-corrected chi connectivity index (χ2v) is 6.15. The van der Waals surface area contributed by atoms with E-state index in [-0.39, 0.29) is 11.4 Å². The summed E-state index contributed by atoms with van der Waals surface area (Å²) in [7, 11) is 0. The molecule has 1 N–H and O–H groups in total. The van der Waals surface area contributed by atoms with Gasteiger partial charge in [0, 0.05) is 17.7 Å². The minimum atomic E-state index is -4.50. The van der Waals surface area contributed by atoms with Crippen LogP contribution in [-0.2, 0) is 12.7 Å². The number of anilines is 2. The van der Waals surface area contributed by atoms with E-state index in [1.165, 1.54) is 18.2 Å². The highest BCUT2D eigenvalue weighted by Crippen LogP contribution is 2.42. The number of allylic oxidation sites excluding steroid dienone is 1. The SMILES string of the molecule is Cc1cc2n(n1)CC=C(c1ccccc1C(F)(F)F)N2c1cccc(O)n1. The van der Waals surface area contributed by atoms with E-state index in [2.05, 4.69) is 10.1 Å². The lowest BCUT2D eigenvalue weighted by atomic mass is 10.0. The maximum absolute atomic E-state index is 13.6. The summed E-state index contributed by atoms with van der Waals surface area (Å²) in [5.41, 5.74) is 0.383. The summed E-state index contributed by atoms with van der Waals surface area (Å²) < 4.78 is 42.4. The van der Waals surface area contributed by atoms with Gasteiger partial charge in [0.15, 0.2) is 0 Å². The maximum atomic E-state index is 13.6. The van der Waals surface area contributed by atoms with Gasteiger partial charge < -0.3 is 5.11 Å².